The fourth-order valence-corrected chi connectivity index (χ4v) is 4.57. The molecule has 1 amide bonds. The quantitative estimate of drug-likeness (QED) is 0.590. The van der Waals surface area contributed by atoms with E-state index in [2.05, 4.69) is 47.0 Å². The van der Waals surface area contributed by atoms with Crippen LogP contribution >= 0.6 is 11.8 Å². The van der Waals surface area contributed by atoms with Crippen LogP contribution < -0.4 is 10.6 Å². The molecule has 1 aliphatic rings. The van der Waals surface area contributed by atoms with Gasteiger partial charge in [-0.3, -0.25) is 4.79 Å². The van der Waals surface area contributed by atoms with Crippen molar-refractivity contribution in [2.75, 3.05) is 11.9 Å². The van der Waals surface area contributed by atoms with Gasteiger partial charge in [-0.25, -0.2) is 0 Å². The minimum absolute atomic E-state index is 0.0100. The minimum atomic E-state index is -0.0100. The third-order valence-electron chi connectivity index (χ3n) is 5.01. The van der Waals surface area contributed by atoms with E-state index in [1.165, 1.54) is 11.1 Å². The van der Waals surface area contributed by atoms with E-state index in [1.54, 1.807) is 11.8 Å². The maximum atomic E-state index is 12.6. The van der Waals surface area contributed by atoms with E-state index in [0.717, 1.165) is 34.7 Å². The summed E-state index contributed by atoms with van der Waals surface area (Å²) in [5, 5.41) is 6.52. The summed E-state index contributed by atoms with van der Waals surface area (Å²) in [6, 6.07) is 26.9. The topological polar surface area (TPSA) is 41.1 Å². The van der Waals surface area contributed by atoms with Gasteiger partial charge in [0.2, 0.25) is 5.91 Å². The summed E-state index contributed by atoms with van der Waals surface area (Å²) in [6.07, 6.45) is 3.36. The number of hydrogen-bond donors (Lipinski definition) is 2. The van der Waals surface area contributed by atoms with Gasteiger partial charge in [-0.2, -0.15) is 0 Å². The van der Waals surface area contributed by atoms with E-state index < -0.39 is 0 Å². The SMILES string of the molecule is O=C(CN[C@H]1CCCc2ccccc21)Nc1ccccc1Sc1ccccc1. The fourth-order valence-electron chi connectivity index (χ4n) is 3.65. The summed E-state index contributed by atoms with van der Waals surface area (Å²) in [4.78, 5) is 14.8. The minimum Gasteiger partial charge on any atom is -0.324 e. The van der Waals surface area contributed by atoms with Gasteiger partial charge in [0.25, 0.3) is 0 Å². The second-order valence-corrected chi connectivity index (χ2v) is 8.10. The first kappa shape index (κ1) is 18.8. The Morgan fingerprint density at radius 3 is 2.57 bits per heavy atom. The van der Waals surface area contributed by atoms with Crippen molar-refractivity contribution in [2.45, 2.75) is 35.1 Å². The van der Waals surface area contributed by atoms with Crippen LogP contribution in [-0.2, 0) is 11.2 Å². The Morgan fingerprint density at radius 1 is 0.929 bits per heavy atom. The second-order valence-electron chi connectivity index (χ2n) is 6.98. The Labute approximate surface area is 170 Å². The van der Waals surface area contributed by atoms with Crippen LogP contribution in [0.3, 0.4) is 0 Å². The molecular weight excluding hydrogens is 364 g/mol. The molecule has 0 heterocycles. The van der Waals surface area contributed by atoms with Crippen LogP contribution in [0, 0.1) is 0 Å². The number of fused-ring (bicyclic) bond motifs is 1. The molecular formula is C24H24N2OS. The van der Waals surface area contributed by atoms with Crippen LogP contribution in [0.4, 0.5) is 5.69 Å². The summed E-state index contributed by atoms with van der Waals surface area (Å²) in [6.45, 7) is 0.309. The number of anilines is 1. The molecule has 0 aromatic heterocycles. The van der Waals surface area contributed by atoms with Gasteiger partial charge in [0.15, 0.2) is 0 Å². The molecule has 4 heteroatoms. The predicted molar refractivity (Wildman–Crippen MR) is 116 cm³/mol. The van der Waals surface area contributed by atoms with Gasteiger partial charge in [0.1, 0.15) is 0 Å². The zero-order valence-electron chi connectivity index (χ0n) is 15.7. The highest BCUT2D eigenvalue weighted by Crippen LogP contribution is 2.33. The highest BCUT2D eigenvalue weighted by molar-refractivity contribution is 7.99. The third kappa shape index (κ3) is 4.64. The van der Waals surface area contributed by atoms with Crippen molar-refractivity contribution in [3.8, 4) is 0 Å². The molecule has 28 heavy (non-hydrogen) atoms. The van der Waals surface area contributed by atoms with Crippen LogP contribution in [0.15, 0.2) is 88.7 Å². The Kier molecular flexibility index (Phi) is 6.10. The second kappa shape index (κ2) is 9.09. The van der Waals surface area contributed by atoms with Crippen molar-refractivity contribution in [1.82, 2.24) is 5.32 Å². The summed E-state index contributed by atoms with van der Waals surface area (Å²) in [5.74, 6) is -0.0100. The lowest BCUT2D eigenvalue weighted by Crippen LogP contribution is -2.33. The molecule has 2 N–H and O–H groups in total. The molecule has 1 aliphatic carbocycles. The summed E-state index contributed by atoms with van der Waals surface area (Å²) >= 11 is 1.66. The lowest BCUT2D eigenvalue weighted by atomic mass is 9.88. The standard InChI is InChI=1S/C24H24N2OS/c27-24(17-25-21-15-8-10-18-9-4-5-13-20(18)21)26-22-14-6-7-16-23(22)28-19-11-2-1-3-12-19/h1-7,9,11-14,16,21,25H,8,10,15,17H2,(H,26,27)/t21-/m0/s1. The third-order valence-corrected chi connectivity index (χ3v) is 6.09. The van der Waals surface area contributed by atoms with Crippen LogP contribution in [0.1, 0.15) is 30.0 Å². The molecule has 0 fully saturated rings. The van der Waals surface area contributed by atoms with Gasteiger partial charge in [-0.05, 0) is 54.7 Å². The average molecular weight is 389 g/mol. The summed E-state index contributed by atoms with van der Waals surface area (Å²) < 4.78 is 0. The molecule has 0 saturated heterocycles. The molecule has 1 atom stereocenters. The van der Waals surface area contributed by atoms with Gasteiger partial charge < -0.3 is 10.6 Å². The molecule has 0 spiro atoms. The molecule has 142 valence electrons. The Morgan fingerprint density at radius 2 is 1.68 bits per heavy atom. The average Bonchev–Trinajstić information content (AvgIpc) is 2.74. The highest BCUT2D eigenvalue weighted by Gasteiger charge is 2.20. The molecule has 3 aromatic carbocycles. The van der Waals surface area contributed by atoms with Gasteiger partial charge in [-0.15, -0.1) is 0 Å². The van der Waals surface area contributed by atoms with E-state index in [4.69, 9.17) is 0 Å². The van der Waals surface area contributed by atoms with E-state index in [1.807, 2.05) is 42.5 Å². The summed E-state index contributed by atoms with van der Waals surface area (Å²) in [7, 11) is 0. The molecule has 3 nitrogen and oxygen atoms in total. The van der Waals surface area contributed by atoms with E-state index in [-0.39, 0.29) is 11.9 Å². The van der Waals surface area contributed by atoms with Gasteiger partial charge in [0, 0.05) is 15.8 Å². The molecule has 0 saturated carbocycles. The number of carbonyl (C=O) groups is 1. The first-order valence-electron chi connectivity index (χ1n) is 9.72. The van der Waals surface area contributed by atoms with Gasteiger partial charge in [0.05, 0.1) is 12.2 Å². The zero-order chi connectivity index (χ0) is 19.2. The van der Waals surface area contributed by atoms with Crippen LogP contribution in [0.25, 0.3) is 0 Å². The predicted octanol–water partition coefficient (Wildman–Crippen LogP) is 5.44. The van der Waals surface area contributed by atoms with Gasteiger partial charge in [-0.1, -0.05) is 66.4 Å². The van der Waals surface area contributed by atoms with Crippen molar-refractivity contribution in [2.24, 2.45) is 0 Å². The van der Waals surface area contributed by atoms with Crippen molar-refractivity contribution < 1.29 is 4.79 Å². The number of carbonyl (C=O) groups excluding carboxylic acids is 1. The largest absolute Gasteiger partial charge is 0.324 e. The van der Waals surface area contributed by atoms with E-state index >= 15 is 0 Å². The first-order valence-corrected chi connectivity index (χ1v) is 10.5. The number of rotatable bonds is 6. The zero-order valence-corrected chi connectivity index (χ0v) is 16.5. The highest BCUT2D eigenvalue weighted by atomic mass is 32.2. The molecule has 0 aliphatic heterocycles. The lowest BCUT2D eigenvalue weighted by molar-refractivity contribution is -0.115. The number of benzene rings is 3. The van der Waals surface area contributed by atoms with Crippen molar-refractivity contribution in [3.05, 3.63) is 90.0 Å². The smallest absolute Gasteiger partial charge is 0.238 e. The number of nitrogens with one attached hydrogen (secondary N) is 2. The summed E-state index contributed by atoms with van der Waals surface area (Å²) in [5.41, 5.74) is 3.59. The maximum Gasteiger partial charge on any atom is 0.238 e. The maximum absolute atomic E-state index is 12.6. The Balaban J connectivity index is 1.39. The van der Waals surface area contributed by atoms with Crippen molar-refractivity contribution in [3.63, 3.8) is 0 Å². The number of para-hydroxylation sites is 1. The Bertz CT molecular complexity index is 942. The molecule has 0 bridgehead atoms. The van der Waals surface area contributed by atoms with Crippen molar-refractivity contribution >= 4 is 23.4 Å². The van der Waals surface area contributed by atoms with Crippen LogP contribution in [0.5, 0.6) is 0 Å². The number of hydrogen-bond acceptors (Lipinski definition) is 3. The first-order chi connectivity index (χ1) is 13.8. The number of aryl methyl sites for hydroxylation is 1. The molecule has 3 aromatic rings. The normalized spacial score (nSPS) is 15.6. The Hall–Kier alpha value is -2.56. The lowest BCUT2D eigenvalue weighted by Gasteiger charge is -2.26. The van der Waals surface area contributed by atoms with Gasteiger partial charge >= 0.3 is 0 Å². The van der Waals surface area contributed by atoms with Crippen LogP contribution in [0.2, 0.25) is 0 Å². The molecule has 4 rings (SSSR count). The fraction of sp³-hybridized carbons (Fsp3) is 0.208. The van der Waals surface area contributed by atoms with E-state index in [9.17, 15) is 4.79 Å². The molecule has 0 radical (unpaired) electrons. The van der Waals surface area contributed by atoms with Crippen molar-refractivity contribution in [1.29, 1.82) is 0 Å². The number of amides is 1. The van der Waals surface area contributed by atoms with Crippen LogP contribution in [-0.4, -0.2) is 12.5 Å². The monoisotopic (exact) mass is 388 g/mol. The molecule has 0 unspecified atom stereocenters. The van der Waals surface area contributed by atoms with E-state index in [0.29, 0.717) is 6.54 Å².